The van der Waals surface area contributed by atoms with E-state index < -0.39 is 0 Å². The van der Waals surface area contributed by atoms with E-state index in [0.29, 0.717) is 0 Å². The first-order chi connectivity index (χ1) is 16.8. The number of benzene rings is 6. The third-order valence-corrected chi connectivity index (χ3v) is 8.27. The van der Waals surface area contributed by atoms with E-state index in [-0.39, 0.29) is 0 Å². The van der Waals surface area contributed by atoms with Crippen molar-refractivity contribution >= 4 is 75.0 Å². The molecule has 2 heterocycles. The summed E-state index contributed by atoms with van der Waals surface area (Å²) in [4.78, 5) is 0. The minimum atomic E-state index is 0.935. The Kier molecular flexibility index (Phi) is 3.60. The molecule has 0 fully saturated rings. The highest BCUT2D eigenvalue weighted by Gasteiger charge is 2.16. The van der Waals surface area contributed by atoms with Crippen LogP contribution in [-0.4, -0.2) is 0 Å². The van der Waals surface area contributed by atoms with Crippen molar-refractivity contribution in [2.24, 2.45) is 0 Å². The fourth-order valence-corrected chi connectivity index (χ4v) is 6.73. The summed E-state index contributed by atoms with van der Waals surface area (Å²) in [6.45, 7) is 0. The standard InChI is InChI=1S/C32H18OS/c1-2-9-20-19(8-1)16-25(24-13-7-12-23-22-11-4-6-15-31(22)34-32(23)24)27-18-30-28(17-26(20)27)21-10-3-5-14-29(21)33-30/h1-18H. The Bertz CT molecular complexity index is 2070. The lowest BCUT2D eigenvalue weighted by Gasteiger charge is -2.12. The van der Waals surface area contributed by atoms with Crippen LogP contribution in [0.3, 0.4) is 0 Å². The van der Waals surface area contributed by atoms with Crippen molar-refractivity contribution in [2.75, 3.05) is 0 Å². The number of para-hydroxylation sites is 1. The van der Waals surface area contributed by atoms with Gasteiger partial charge in [0.2, 0.25) is 0 Å². The molecule has 8 aromatic rings. The van der Waals surface area contributed by atoms with E-state index in [1.165, 1.54) is 63.6 Å². The number of hydrogen-bond donors (Lipinski definition) is 0. The lowest BCUT2D eigenvalue weighted by molar-refractivity contribution is 0.669. The number of hydrogen-bond acceptors (Lipinski definition) is 2. The molecule has 2 heteroatoms. The molecule has 0 saturated heterocycles. The number of thiophene rings is 1. The monoisotopic (exact) mass is 450 g/mol. The molecule has 0 radical (unpaired) electrons. The van der Waals surface area contributed by atoms with E-state index in [1.54, 1.807) is 0 Å². The highest BCUT2D eigenvalue weighted by atomic mass is 32.1. The molecule has 2 aromatic heterocycles. The van der Waals surface area contributed by atoms with Gasteiger partial charge in [-0.3, -0.25) is 0 Å². The molecule has 0 bridgehead atoms. The topological polar surface area (TPSA) is 13.1 Å². The minimum absolute atomic E-state index is 0.935. The molecule has 0 spiro atoms. The highest BCUT2D eigenvalue weighted by molar-refractivity contribution is 7.26. The highest BCUT2D eigenvalue weighted by Crippen LogP contribution is 2.44. The lowest BCUT2D eigenvalue weighted by Crippen LogP contribution is -1.85. The van der Waals surface area contributed by atoms with Gasteiger partial charge in [0.1, 0.15) is 11.2 Å². The maximum Gasteiger partial charge on any atom is 0.136 e. The van der Waals surface area contributed by atoms with E-state index in [0.717, 1.165) is 11.2 Å². The maximum absolute atomic E-state index is 6.30. The molecule has 158 valence electrons. The Morgan fingerprint density at radius 2 is 1.21 bits per heavy atom. The van der Waals surface area contributed by atoms with Crippen LogP contribution in [0, 0.1) is 0 Å². The zero-order valence-corrected chi connectivity index (χ0v) is 19.0. The first-order valence-corrected chi connectivity index (χ1v) is 12.3. The van der Waals surface area contributed by atoms with Crippen molar-refractivity contribution < 1.29 is 4.42 Å². The summed E-state index contributed by atoms with van der Waals surface area (Å²) in [5.74, 6) is 0. The van der Waals surface area contributed by atoms with Gasteiger partial charge < -0.3 is 4.42 Å². The van der Waals surface area contributed by atoms with Crippen LogP contribution < -0.4 is 0 Å². The summed E-state index contributed by atoms with van der Waals surface area (Å²) in [6, 6.07) is 39.4. The SMILES string of the molecule is c1ccc2c(c1)cc(-c1cccc3c1sc1ccccc13)c1cc3oc4ccccc4c3cc12. The van der Waals surface area contributed by atoms with Crippen LogP contribution in [0.4, 0.5) is 0 Å². The summed E-state index contributed by atoms with van der Waals surface area (Å²) in [7, 11) is 0. The van der Waals surface area contributed by atoms with Gasteiger partial charge in [0.25, 0.3) is 0 Å². The number of fused-ring (bicyclic) bond motifs is 9. The minimum Gasteiger partial charge on any atom is -0.456 e. The Morgan fingerprint density at radius 1 is 0.441 bits per heavy atom. The van der Waals surface area contributed by atoms with Crippen LogP contribution in [0.5, 0.6) is 0 Å². The zero-order chi connectivity index (χ0) is 22.2. The van der Waals surface area contributed by atoms with Gasteiger partial charge in [0.15, 0.2) is 0 Å². The Morgan fingerprint density at radius 3 is 2.15 bits per heavy atom. The van der Waals surface area contributed by atoms with Crippen LogP contribution in [-0.2, 0) is 0 Å². The molecule has 0 amide bonds. The molecule has 0 aliphatic rings. The molecule has 0 saturated carbocycles. The predicted molar refractivity (Wildman–Crippen MR) is 147 cm³/mol. The fraction of sp³-hybridized carbons (Fsp3) is 0. The van der Waals surface area contributed by atoms with E-state index in [1.807, 2.05) is 17.4 Å². The molecule has 1 nitrogen and oxygen atoms in total. The molecule has 0 atom stereocenters. The zero-order valence-electron chi connectivity index (χ0n) is 18.2. The summed E-state index contributed by atoms with van der Waals surface area (Å²) < 4.78 is 8.97. The summed E-state index contributed by atoms with van der Waals surface area (Å²) >= 11 is 1.88. The van der Waals surface area contributed by atoms with Crippen molar-refractivity contribution in [3.8, 4) is 11.1 Å². The quantitative estimate of drug-likeness (QED) is 0.227. The van der Waals surface area contributed by atoms with Crippen molar-refractivity contribution in [3.05, 3.63) is 109 Å². The van der Waals surface area contributed by atoms with Gasteiger partial charge in [-0.05, 0) is 57.4 Å². The van der Waals surface area contributed by atoms with Crippen LogP contribution in [0.25, 0.3) is 74.8 Å². The Labute approximate surface area is 199 Å². The molecule has 0 unspecified atom stereocenters. The van der Waals surface area contributed by atoms with E-state index in [9.17, 15) is 0 Å². The van der Waals surface area contributed by atoms with Gasteiger partial charge >= 0.3 is 0 Å². The molecular formula is C32H18OS. The van der Waals surface area contributed by atoms with Crippen LogP contribution >= 0.6 is 11.3 Å². The maximum atomic E-state index is 6.30. The second-order valence-corrected chi connectivity index (χ2v) is 9.97. The van der Waals surface area contributed by atoms with Crippen LogP contribution in [0.15, 0.2) is 114 Å². The third kappa shape index (κ3) is 2.43. The van der Waals surface area contributed by atoms with Crippen molar-refractivity contribution in [1.29, 1.82) is 0 Å². The predicted octanol–water partition coefficient (Wildman–Crippen LogP) is 9.93. The van der Waals surface area contributed by atoms with Gasteiger partial charge in [-0.1, -0.05) is 78.9 Å². The second kappa shape index (κ2) is 6.69. The molecule has 8 rings (SSSR count). The summed E-state index contributed by atoms with van der Waals surface area (Å²) in [6.07, 6.45) is 0. The average Bonchev–Trinajstić information content (AvgIpc) is 3.45. The summed E-state index contributed by atoms with van der Waals surface area (Å²) in [5.41, 5.74) is 4.41. The van der Waals surface area contributed by atoms with Crippen molar-refractivity contribution in [1.82, 2.24) is 0 Å². The fourth-order valence-electron chi connectivity index (χ4n) is 5.50. The molecule has 6 aromatic carbocycles. The smallest absolute Gasteiger partial charge is 0.136 e. The lowest BCUT2D eigenvalue weighted by atomic mass is 9.91. The van der Waals surface area contributed by atoms with Crippen molar-refractivity contribution in [2.45, 2.75) is 0 Å². The second-order valence-electron chi connectivity index (χ2n) is 8.92. The van der Waals surface area contributed by atoms with Crippen LogP contribution in [0.2, 0.25) is 0 Å². The van der Waals surface area contributed by atoms with Gasteiger partial charge in [-0.2, -0.15) is 0 Å². The number of furan rings is 1. The molecule has 34 heavy (non-hydrogen) atoms. The molecule has 0 aliphatic heterocycles. The molecule has 0 aliphatic carbocycles. The van der Waals surface area contributed by atoms with Crippen LogP contribution in [0.1, 0.15) is 0 Å². The molecule has 0 N–H and O–H groups in total. The van der Waals surface area contributed by atoms with Gasteiger partial charge in [0.05, 0.1) is 0 Å². The van der Waals surface area contributed by atoms with E-state index in [2.05, 4.69) is 103 Å². The van der Waals surface area contributed by atoms with E-state index >= 15 is 0 Å². The third-order valence-electron chi connectivity index (χ3n) is 7.05. The largest absolute Gasteiger partial charge is 0.456 e. The van der Waals surface area contributed by atoms with Gasteiger partial charge in [-0.15, -0.1) is 11.3 Å². The Balaban J connectivity index is 1.57. The number of rotatable bonds is 1. The molecular weight excluding hydrogens is 432 g/mol. The van der Waals surface area contributed by atoms with E-state index in [4.69, 9.17) is 4.42 Å². The van der Waals surface area contributed by atoms with Gasteiger partial charge in [-0.25, -0.2) is 0 Å². The average molecular weight is 451 g/mol. The van der Waals surface area contributed by atoms with Gasteiger partial charge in [0, 0.05) is 36.5 Å². The summed E-state index contributed by atoms with van der Waals surface area (Å²) in [5, 5.41) is 10.0. The first-order valence-electron chi connectivity index (χ1n) is 11.5. The normalized spacial score (nSPS) is 12.1. The Hall–Kier alpha value is -4.14. The van der Waals surface area contributed by atoms with Crippen molar-refractivity contribution in [3.63, 3.8) is 0 Å². The first kappa shape index (κ1) is 18.3.